The molecule has 1 fully saturated rings. The van der Waals surface area contributed by atoms with E-state index < -0.39 is 6.04 Å². The van der Waals surface area contributed by atoms with E-state index in [4.69, 9.17) is 4.74 Å². The molecule has 0 spiro atoms. The molecule has 2 aromatic carbocycles. The average molecular weight is 451 g/mol. The van der Waals surface area contributed by atoms with E-state index in [1.54, 1.807) is 4.90 Å². The first-order valence-corrected chi connectivity index (χ1v) is 12.5. The Kier molecular flexibility index (Phi) is 10.3. The summed E-state index contributed by atoms with van der Waals surface area (Å²) < 4.78 is 5.75. The van der Waals surface area contributed by atoms with E-state index in [-0.39, 0.29) is 17.9 Å². The van der Waals surface area contributed by atoms with Gasteiger partial charge in [-0.1, -0.05) is 74.7 Å². The molecule has 3 rings (SSSR count). The Morgan fingerprint density at radius 3 is 2.33 bits per heavy atom. The van der Waals surface area contributed by atoms with Crippen LogP contribution in [0.3, 0.4) is 0 Å². The Labute approximate surface area is 198 Å². The average Bonchev–Trinajstić information content (AvgIpc) is 2.86. The van der Waals surface area contributed by atoms with Gasteiger partial charge in [-0.05, 0) is 49.8 Å². The minimum Gasteiger partial charge on any atom is -0.494 e. The molecule has 5 nitrogen and oxygen atoms in total. The largest absolute Gasteiger partial charge is 0.494 e. The van der Waals surface area contributed by atoms with Gasteiger partial charge in [0.15, 0.2) is 0 Å². The monoisotopic (exact) mass is 450 g/mol. The highest BCUT2D eigenvalue weighted by Gasteiger charge is 2.29. The van der Waals surface area contributed by atoms with Gasteiger partial charge in [0.2, 0.25) is 11.8 Å². The standard InChI is InChI=1S/C28H38N2O3/c1-2-26(28(32)29-24-15-8-4-9-16-24)30(21-20-23-13-6-3-7-14-23)27(31)19-12-22-33-25-17-10-5-11-18-25/h3,5-7,10-11,13-14,17-18,24,26H,2,4,8-9,12,15-16,19-22H2,1H3,(H,29,32). The van der Waals surface area contributed by atoms with Gasteiger partial charge in [0.1, 0.15) is 11.8 Å². The van der Waals surface area contributed by atoms with Crippen molar-refractivity contribution in [3.8, 4) is 5.75 Å². The van der Waals surface area contributed by atoms with Crippen LogP contribution in [-0.2, 0) is 16.0 Å². The summed E-state index contributed by atoms with van der Waals surface area (Å²) in [5, 5.41) is 3.23. The van der Waals surface area contributed by atoms with Crippen LogP contribution in [0.4, 0.5) is 0 Å². The van der Waals surface area contributed by atoms with Crippen LogP contribution in [0.25, 0.3) is 0 Å². The molecule has 2 aromatic rings. The minimum absolute atomic E-state index is 0.00801. The van der Waals surface area contributed by atoms with E-state index in [1.807, 2.05) is 55.5 Å². The van der Waals surface area contributed by atoms with Crippen molar-refractivity contribution in [2.45, 2.75) is 76.8 Å². The quantitative estimate of drug-likeness (QED) is 0.455. The molecule has 0 bridgehead atoms. The van der Waals surface area contributed by atoms with Crippen LogP contribution in [0.1, 0.15) is 63.9 Å². The van der Waals surface area contributed by atoms with Crippen LogP contribution in [-0.4, -0.2) is 41.9 Å². The SMILES string of the molecule is CCC(C(=O)NC1CCCCC1)N(CCc1ccccc1)C(=O)CCCOc1ccccc1. The summed E-state index contributed by atoms with van der Waals surface area (Å²) in [4.78, 5) is 28.2. The molecular weight excluding hydrogens is 412 g/mol. The topological polar surface area (TPSA) is 58.6 Å². The van der Waals surface area contributed by atoms with Gasteiger partial charge >= 0.3 is 0 Å². The van der Waals surface area contributed by atoms with Crippen LogP contribution < -0.4 is 10.1 Å². The van der Waals surface area contributed by atoms with Crippen LogP contribution in [0.5, 0.6) is 5.75 Å². The van der Waals surface area contributed by atoms with E-state index in [0.29, 0.717) is 32.4 Å². The molecule has 1 N–H and O–H groups in total. The number of rotatable bonds is 12. The number of benzene rings is 2. The number of amides is 2. The maximum absolute atomic E-state index is 13.3. The maximum atomic E-state index is 13.3. The van der Waals surface area contributed by atoms with Crippen molar-refractivity contribution in [1.82, 2.24) is 10.2 Å². The molecule has 33 heavy (non-hydrogen) atoms. The van der Waals surface area contributed by atoms with Crippen LogP contribution in [0.2, 0.25) is 0 Å². The highest BCUT2D eigenvalue weighted by atomic mass is 16.5. The molecule has 0 heterocycles. The number of ether oxygens (including phenoxy) is 1. The molecule has 178 valence electrons. The number of carbonyl (C=O) groups is 2. The molecule has 1 aliphatic carbocycles. The van der Waals surface area contributed by atoms with Gasteiger partial charge in [-0.15, -0.1) is 0 Å². The molecule has 2 amide bonds. The Hall–Kier alpha value is -2.82. The van der Waals surface area contributed by atoms with Crippen molar-refractivity contribution < 1.29 is 14.3 Å². The van der Waals surface area contributed by atoms with E-state index in [0.717, 1.165) is 25.0 Å². The zero-order valence-electron chi connectivity index (χ0n) is 19.9. The van der Waals surface area contributed by atoms with Gasteiger partial charge in [-0.25, -0.2) is 0 Å². The van der Waals surface area contributed by atoms with Gasteiger partial charge < -0.3 is 15.0 Å². The Morgan fingerprint density at radius 2 is 1.67 bits per heavy atom. The number of para-hydroxylation sites is 1. The van der Waals surface area contributed by atoms with E-state index in [9.17, 15) is 9.59 Å². The van der Waals surface area contributed by atoms with E-state index in [2.05, 4.69) is 17.4 Å². The summed E-state index contributed by atoms with van der Waals surface area (Å²) in [7, 11) is 0. The van der Waals surface area contributed by atoms with Crippen LogP contribution in [0.15, 0.2) is 60.7 Å². The van der Waals surface area contributed by atoms with Gasteiger partial charge in [-0.3, -0.25) is 9.59 Å². The molecule has 1 aliphatic rings. The van der Waals surface area contributed by atoms with Crippen LogP contribution in [0, 0.1) is 0 Å². The highest BCUT2D eigenvalue weighted by molar-refractivity contribution is 5.87. The van der Waals surface area contributed by atoms with Gasteiger partial charge in [0, 0.05) is 19.0 Å². The summed E-state index contributed by atoms with van der Waals surface area (Å²) in [6.07, 6.45) is 7.99. The lowest BCUT2D eigenvalue weighted by Crippen LogP contribution is -2.52. The Balaban J connectivity index is 1.60. The fourth-order valence-electron chi connectivity index (χ4n) is 4.51. The molecule has 1 saturated carbocycles. The first-order valence-electron chi connectivity index (χ1n) is 12.5. The number of hydrogen-bond acceptors (Lipinski definition) is 3. The number of nitrogens with one attached hydrogen (secondary N) is 1. The normalized spacial score (nSPS) is 14.9. The molecule has 1 atom stereocenters. The minimum atomic E-state index is -0.432. The van der Waals surface area contributed by atoms with Crippen molar-refractivity contribution in [2.24, 2.45) is 0 Å². The lowest BCUT2D eigenvalue weighted by Gasteiger charge is -2.33. The van der Waals surface area contributed by atoms with Crippen LogP contribution >= 0.6 is 0 Å². The fourth-order valence-corrected chi connectivity index (χ4v) is 4.51. The predicted octanol–water partition coefficient (Wildman–Crippen LogP) is 5.14. The third-order valence-corrected chi connectivity index (χ3v) is 6.37. The zero-order chi connectivity index (χ0) is 23.3. The van der Waals surface area contributed by atoms with Gasteiger partial charge in [0.05, 0.1) is 6.61 Å². The van der Waals surface area contributed by atoms with Crippen molar-refractivity contribution >= 4 is 11.8 Å². The summed E-state index contributed by atoms with van der Waals surface area (Å²) in [5.41, 5.74) is 1.17. The Bertz CT molecular complexity index is 835. The summed E-state index contributed by atoms with van der Waals surface area (Å²) in [6.45, 7) is 3.01. The van der Waals surface area contributed by atoms with Crippen molar-refractivity contribution in [2.75, 3.05) is 13.2 Å². The lowest BCUT2D eigenvalue weighted by molar-refractivity contribution is -0.141. The molecule has 0 aliphatic heterocycles. The molecular formula is C28H38N2O3. The number of carbonyl (C=O) groups excluding carboxylic acids is 2. The zero-order valence-corrected chi connectivity index (χ0v) is 19.9. The highest BCUT2D eigenvalue weighted by Crippen LogP contribution is 2.19. The maximum Gasteiger partial charge on any atom is 0.243 e. The second kappa shape index (κ2) is 13.7. The summed E-state index contributed by atoms with van der Waals surface area (Å²) in [6, 6.07) is 19.6. The predicted molar refractivity (Wildman–Crippen MR) is 132 cm³/mol. The fraction of sp³-hybridized carbons (Fsp3) is 0.500. The lowest BCUT2D eigenvalue weighted by atomic mass is 9.95. The molecule has 0 radical (unpaired) electrons. The smallest absolute Gasteiger partial charge is 0.243 e. The van der Waals surface area contributed by atoms with E-state index in [1.165, 1.54) is 24.8 Å². The Morgan fingerprint density at radius 1 is 1.00 bits per heavy atom. The molecule has 5 heteroatoms. The first-order chi connectivity index (χ1) is 16.2. The third kappa shape index (κ3) is 8.23. The van der Waals surface area contributed by atoms with Gasteiger partial charge in [0.25, 0.3) is 0 Å². The second-order valence-corrected chi connectivity index (χ2v) is 8.86. The molecule has 1 unspecified atom stereocenters. The van der Waals surface area contributed by atoms with Gasteiger partial charge in [-0.2, -0.15) is 0 Å². The number of nitrogens with zero attached hydrogens (tertiary/aromatic N) is 1. The molecule has 0 saturated heterocycles. The second-order valence-electron chi connectivity index (χ2n) is 8.86. The number of hydrogen-bond donors (Lipinski definition) is 1. The third-order valence-electron chi connectivity index (χ3n) is 6.37. The van der Waals surface area contributed by atoms with Crippen molar-refractivity contribution in [3.05, 3.63) is 66.2 Å². The van der Waals surface area contributed by atoms with E-state index >= 15 is 0 Å². The summed E-state index contributed by atoms with van der Waals surface area (Å²) >= 11 is 0. The van der Waals surface area contributed by atoms with Crippen molar-refractivity contribution in [3.63, 3.8) is 0 Å². The molecule has 0 aromatic heterocycles. The summed E-state index contributed by atoms with van der Waals surface area (Å²) in [5.74, 6) is 0.823. The first kappa shape index (κ1) is 24.8. The van der Waals surface area contributed by atoms with Crippen molar-refractivity contribution in [1.29, 1.82) is 0 Å².